The van der Waals surface area contributed by atoms with Gasteiger partial charge in [0.25, 0.3) is 6.71 Å². The van der Waals surface area contributed by atoms with Gasteiger partial charge in [0.15, 0.2) is 0 Å². The number of para-hydroxylation sites is 9. The van der Waals surface area contributed by atoms with E-state index < -0.39 is 0 Å². The van der Waals surface area contributed by atoms with Crippen LogP contribution in [-0.4, -0.2) is 13.4 Å². The summed E-state index contributed by atoms with van der Waals surface area (Å²) in [5.41, 5.74) is 34.6. The van der Waals surface area contributed by atoms with E-state index in [-0.39, 0.29) is 13.4 Å². The first kappa shape index (κ1) is 61.8. The second-order valence-corrected chi connectivity index (χ2v) is 28.6. The van der Waals surface area contributed by atoms with Gasteiger partial charge >= 0.3 is 0 Å². The molecule has 0 saturated heterocycles. The molecule has 0 aromatic heterocycles. The zero-order chi connectivity index (χ0) is 69.5. The summed E-state index contributed by atoms with van der Waals surface area (Å²) in [7, 11) is 0. The van der Waals surface area contributed by atoms with Crippen molar-refractivity contribution in [2.45, 2.75) is 16.7 Å². The topological polar surface area (TPSA) is 16.2 Å². The molecule has 105 heavy (non-hydrogen) atoms. The lowest BCUT2D eigenvalue weighted by atomic mass is 9.31. The van der Waals surface area contributed by atoms with Gasteiger partial charge in [0.1, 0.15) is 0 Å². The van der Waals surface area contributed by atoms with Crippen LogP contribution in [0.25, 0.3) is 44.5 Å². The van der Waals surface area contributed by atoms with Crippen molar-refractivity contribution in [2.75, 3.05) is 24.5 Å². The lowest BCUT2D eigenvalue weighted by Gasteiger charge is -2.46. The minimum absolute atomic E-state index is 0.166. The van der Waals surface area contributed by atoms with Gasteiger partial charge in [-0.3, -0.25) is 0 Å². The van der Waals surface area contributed by atoms with Crippen LogP contribution in [0.5, 0.6) is 0 Å². The lowest BCUT2D eigenvalue weighted by molar-refractivity contribution is 1.21. The van der Waals surface area contributed by atoms with E-state index in [2.05, 4.69) is 420 Å². The lowest BCUT2D eigenvalue weighted by Crippen LogP contribution is -2.64. The summed E-state index contributed by atoms with van der Waals surface area (Å²) < 4.78 is 0. The SMILES string of the molecule is Cc1ccccc1N1c2cc3c(cc2B2c4ccccc4N(c4ccccc4)c4cc(N(c5ccccc5)c5ccccc5)cc1c42)B1c2ccccc2N(c2c(-c4ccccc4)cccc2-c2ccccc2)c2cc(N(c4ccccc4)c4c(-c5ccccc5)cccc4-c4ccccc4)cc(c21)S3. The Labute approximate surface area is 618 Å². The Morgan fingerprint density at radius 1 is 0.248 bits per heavy atom. The van der Waals surface area contributed by atoms with Crippen LogP contribution < -0.4 is 57.3 Å². The van der Waals surface area contributed by atoms with Crippen molar-refractivity contribution in [3.63, 3.8) is 0 Å². The van der Waals surface area contributed by atoms with Crippen molar-refractivity contribution in [2.24, 2.45) is 0 Å². The molecule has 5 nitrogen and oxygen atoms in total. The summed E-state index contributed by atoms with van der Waals surface area (Å²) >= 11 is 1.92. The van der Waals surface area contributed by atoms with E-state index >= 15 is 0 Å². The molecule has 8 heteroatoms. The van der Waals surface area contributed by atoms with E-state index in [1.54, 1.807) is 0 Å². The molecule has 4 aliphatic rings. The molecule has 0 spiro atoms. The van der Waals surface area contributed by atoms with E-state index in [1.807, 2.05) is 11.8 Å². The molecule has 0 unspecified atom stereocenters. The molecule has 492 valence electrons. The highest BCUT2D eigenvalue weighted by molar-refractivity contribution is 8.00. The molecule has 0 aliphatic carbocycles. The smallest absolute Gasteiger partial charge is 0.252 e. The normalized spacial score (nSPS) is 12.7. The first-order chi connectivity index (χ1) is 52.1. The number of nitrogens with zero attached hydrogens (tertiary/aromatic N) is 5. The van der Waals surface area contributed by atoms with Crippen LogP contribution in [0.1, 0.15) is 5.56 Å². The zero-order valence-corrected chi connectivity index (χ0v) is 58.6. The van der Waals surface area contributed by atoms with Gasteiger partial charge in [-0.1, -0.05) is 308 Å². The van der Waals surface area contributed by atoms with E-state index in [1.165, 1.54) is 48.1 Å². The van der Waals surface area contributed by atoms with Crippen molar-refractivity contribution >= 4 is 143 Å². The summed E-state index contributed by atoms with van der Waals surface area (Å²) in [6, 6.07) is 144. The summed E-state index contributed by atoms with van der Waals surface area (Å²) in [4.78, 5) is 15.2. The van der Waals surface area contributed by atoms with Crippen molar-refractivity contribution in [3.05, 3.63) is 394 Å². The van der Waals surface area contributed by atoms with Gasteiger partial charge in [0, 0.05) is 100 Å². The average molecular weight is 1360 g/mol. The summed E-state index contributed by atoms with van der Waals surface area (Å²) in [5, 5.41) is 0. The molecule has 4 heterocycles. The minimum atomic E-state index is -0.191. The van der Waals surface area contributed by atoms with Gasteiger partial charge in [0.05, 0.1) is 17.1 Å². The van der Waals surface area contributed by atoms with E-state index in [0.29, 0.717) is 0 Å². The maximum absolute atomic E-state index is 2.66. The first-order valence-electron chi connectivity index (χ1n) is 36.2. The fraction of sp³-hybridized carbons (Fsp3) is 0.0103. The molecular formula is C97H67B2N5S. The van der Waals surface area contributed by atoms with Gasteiger partial charge in [-0.15, -0.1) is 0 Å². The molecule has 20 rings (SSSR count). The highest BCUT2D eigenvalue weighted by Gasteiger charge is 2.48. The van der Waals surface area contributed by atoms with Gasteiger partial charge in [0.2, 0.25) is 6.71 Å². The molecule has 16 aromatic rings. The molecule has 4 aliphatic heterocycles. The Balaban J connectivity index is 0.895. The van der Waals surface area contributed by atoms with Gasteiger partial charge in [-0.25, -0.2) is 0 Å². The van der Waals surface area contributed by atoms with Crippen molar-refractivity contribution < 1.29 is 0 Å². The van der Waals surface area contributed by atoms with Crippen LogP contribution in [0, 0.1) is 6.92 Å². The number of fused-ring (bicyclic) bond motifs is 8. The van der Waals surface area contributed by atoms with Gasteiger partial charge in [-0.05, 0) is 159 Å². The van der Waals surface area contributed by atoms with E-state index in [9.17, 15) is 0 Å². The number of rotatable bonds is 13. The Bertz CT molecular complexity index is 5840. The van der Waals surface area contributed by atoms with Crippen molar-refractivity contribution in [1.82, 2.24) is 0 Å². The molecule has 0 bridgehead atoms. The molecule has 16 aromatic carbocycles. The fourth-order valence-electron chi connectivity index (χ4n) is 17.1. The zero-order valence-electron chi connectivity index (χ0n) is 57.7. The molecule has 0 radical (unpaired) electrons. The summed E-state index contributed by atoms with van der Waals surface area (Å²) in [5.74, 6) is 0. The predicted molar refractivity (Wildman–Crippen MR) is 446 cm³/mol. The Morgan fingerprint density at radius 2 is 0.638 bits per heavy atom. The van der Waals surface area contributed by atoms with Crippen LogP contribution in [0.2, 0.25) is 0 Å². The van der Waals surface area contributed by atoms with Crippen LogP contribution >= 0.6 is 11.8 Å². The minimum Gasteiger partial charge on any atom is -0.311 e. The number of anilines is 15. The van der Waals surface area contributed by atoms with Crippen LogP contribution in [-0.2, 0) is 0 Å². The monoisotopic (exact) mass is 1360 g/mol. The first-order valence-corrected chi connectivity index (χ1v) is 37.0. The number of hydrogen-bond acceptors (Lipinski definition) is 6. The number of benzene rings is 16. The molecule has 0 saturated carbocycles. The van der Waals surface area contributed by atoms with Gasteiger partial charge < -0.3 is 24.5 Å². The van der Waals surface area contributed by atoms with Crippen molar-refractivity contribution in [1.29, 1.82) is 0 Å². The van der Waals surface area contributed by atoms with Crippen LogP contribution in [0.15, 0.2) is 398 Å². The highest BCUT2D eigenvalue weighted by Crippen LogP contribution is 2.55. The van der Waals surface area contributed by atoms with Crippen LogP contribution in [0.3, 0.4) is 0 Å². The standard InChI is InChI=1S/C97H67B2N5S/c1-66-34-26-29-57-85(66)103-88-65-92-84(64-83(88)98-81-55-27-30-58-86(81)102(74-49-24-9-25-50-74)89-60-75(61-90(103)94(89)98)100(71-43-18-6-19-44-71)72-45-20-7-21-46-72)99-82-56-28-31-59-87(82)104(97-79(69-39-14-4-15-40-69)53-33-54-80(97)70-41-16-5-17-42-70)91-62-76(63-93(105-92)95(91)99)101(73-47-22-8-23-48-73)96-77(67-35-10-2-11-36-67)51-32-52-78(96)68-37-12-3-13-38-68/h2-65H,1H3. The second kappa shape index (κ2) is 25.8. The maximum Gasteiger partial charge on any atom is 0.252 e. The van der Waals surface area contributed by atoms with E-state index in [0.717, 1.165) is 130 Å². The molecule has 0 fully saturated rings. The van der Waals surface area contributed by atoms with Crippen molar-refractivity contribution in [3.8, 4) is 44.5 Å². The Morgan fingerprint density at radius 3 is 1.15 bits per heavy atom. The number of hydrogen-bond donors (Lipinski definition) is 0. The predicted octanol–water partition coefficient (Wildman–Crippen LogP) is 22.4. The third kappa shape index (κ3) is 10.3. The van der Waals surface area contributed by atoms with Crippen LogP contribution in [0.4, 0.5) is 85.3 Å². The molecule has 0 atom stereocenters. The van der Waals surface area contributed by atoms with E-state index in [4.69, 9.17) is 0 Å². The molecule has 0 amide bonds. The van der Waals surface area contributed by atoms with Gasteiger partial charge in [-0.2, -0.15) is 0 Å². The third-order valence-electron chi connectivity index (χ3n) is 21.5. The number of aryl methyl sites for hydroxylation is 1. The Hall–Kier alpha value is -13.0. The highest BCUT2D eigenvalue weighted by atomic mass is 32.2. The summed E-state index contributed by atoms with van der Waals surface area (Å²) in [6.45, 7) is 1.92. The average Bonchev–Trinajstić information content (AvgIpc) is 0.691. The quantitative estimate of drug-likeness (QED) is 0.106. The third-order valence-corrected chi connectivity index (χ3v) is 22.7. The molecular weight excluding hydrogens is 1290 g/mol. The largest absolute Gasteiger partial charge is 0.311 e. The second-order valence-electron chi connectivity index (χ2n) is 27.5. The fourth-order valence-corrected chi connectivity index (χ4v) is 18.3. The molecule has 0 N–H and O–H groups in total. The Kier molecular flexibility index (Phi) is 15.2. The summed E-state index contributed by atoms with van der Waals surface area (Å²) in [6.07, 6.45) is 0. The maximum atomic E-state index is 2.66.